The molecule has 0 spiro atoms. The van der Waals surface area contributed by atoms with Gasteiger partial charge >= 0.3 is 0 Å². The molecule has 1 saturated heterocycles. The Labute approximate surface area is 175 Å². The van der Waals surface area contributed by atoms with E-state index >= 15 is 0 Å². The van der Waals surface area contributed by atoms with Gasteiger partial charge in [-0.2, -0.15) is 0 Å². The summed E-state index contributed by atoms with van der Waals surface area (Å²) in [5.41, 5.74) is 0. The summed E-state index contributed by atoms with van der Waals surface area (Å²) in [6.07, 6.45) is 11.4. The van der Waals surface area contributed by atoms with E-state index in [9.17, 15) is 4.79 Å². The zero-order valence-electron chi connectivity index (χ0n) is 16.1. The molecule has 3 aliphatic carbocycles. The Balaban J connectivity index is 0.00000196. The number of hydrogen-bond donors (Lipinski definition) is 2. The fourth-order valence-electron chi connectivity index (χ4n) is 4.88. The number of guanidine groups is 1. The number of hydrogen-bond acceptors (Lipinski definition) is 2. The van der Waals surface area contributed by atoms with E-state index in [-0.39, 0.29) is 24.0 Å². The molecule has 1 unspecified atom stereocenters. The average molecular weight is 474 g/mol. The number of rotatable bonds is 6. The van der Waals surface area contributed by atoms with Crippen LogP contribution in [0.15, 0.2) is 4.99 Å². The van der Waals surface area contributed by atoms with E-state index in [1.54, 1.807) is 0 Å². The lowest BCUT2D eigenvalue weighted by Crippen LogP contribution is -2.46. The quantitative estimate of drug-likeness (QED) is 0.354. The van der Waals surface area contributed by atoms with Crippen molar-refractivity contribution in [2.45, 2.75) is 63.8 Å². The SMILES string of the molecule is CN=C(NCC(C1CC1)C1CC1)NC1CCN(C(=O)C2CCCC2)C1.I. The first-order valence-corrected chi connectivity index (χ1v) is 10.5. The molecule has 1 amide bonds. The molecule has 26 heavy (non-hydrogen) atoms. The Morgan fingerprint density at radius 3 is 2.31 bits per heavy atom. The third kappa shape index (κ3) is 5.04. The summed E-state index contributed by atoms with van der Waals surface area (Å²) in [6.45, 7) is 2.80. The summed E-state index contributed by atoms with van der Waals surface area (Å²) >= 11 is 0. The van der Waals surface area contributed by atoms with E-state index < -0.39 is 0 Å². The lowest BCUT2D eigenvalue weighted by molar-refractivity contribution is -0.134. The van der Waals surface area contributed by atoms with Crippen LogP contribution in [0.4, 0.5) is 0 Å². The van der Waals surface area contributed by atoms with Gasteiger partial charge in [-0.25, -0.2) is 0 Å². The zero-order valence-corrected chi connectivity index (χ0v) is 18.4. The minimum absolute atomic E-state index is 0. The van der Waals surface area contributed by atoms with E-state index in [0.717, 1.165) is 62.6 Å². The first-order valence-electron chi connectivity index (χ1n) is 10.5. The van der Waals surface area contributed by atoms with Gasteiger partial charge < -0.3 is 15.5 Å². The molecule has 4 rings (SSSR count). The number of nitrogens with zero attached hydrogens (tertiary/aromatic N) is 2. The number of amides is 1. The summed E-state index contributed by atoms with van der Waals surface area (Å²) in [5, 5.41) is 7.13. The molecule has 4 fully saturated rings. The first kappa shape index (κ1) is 20.2. The van der Waals surface area contributed by atoms with E-state index in [0.29, 0.717) is 17.9 Å². The Hall–Kier alpha value is -0.530. The van der Waals surface area contributed by atoms with Crippen molar-refractivity contribution >= 4 is 35.8 Å². The lowest BCUT2D eigenvalue weighted by Gasteiger charge is -2.23. The number of nitrogens with one attached hydrogen (secondary N) is 2. The highest BCUT2D eigenvalue weighted by atomic mass is 127. The maximum atomic E-state index is 12.6. The summed E-state index contributed by atoms with van der Waals surface area (Å²) in [7, 11) is 1.86. The molecule has 0 aromatic rings. The van der Waals surface area contributed by atoms with Crippen LogP contribution in [0.25, 0.3) is 0 Å². The predicted octanol–water partition coefficient (Wildman–Crippen LogP) is 3.00. The van der Waals surface area contributed by atoms with Gasteiger partial charge in [-0.05, 0) is 62.7 Å². The third-order valence-corrected chi connectivity index (χ3v) is 6.73. The average Bonchev–Trinajstić information content (AvgIpc) is 3.54. The first-order chi connectivity index (χ1) is 12.2. The summed E-state index contributed by atoms with van der Waals surface area (Å²) in [6, 6.07) is 0.344. The van der Waals surface area contributed by atoms with Crippen LogP contribution in [0.3, 0.4) is 0 Å². The minimum atomic E-state index is 0. The second-order valence-electron chi connectivity index (χ2n) is 8.69. The van der Waals surface area contributed by atoms with Crippen molar-refractivity contribution in [3.8, 4) is 0 Å². The maximum absolute atomic E-state index is 12.6. The number of likely N-dealkylation sites (tertiary alicyclic amines) is 1. The van der Waals surface area contributed by atoms with Gasteiger partial charge in [0.15, 0.2) is 5.96 Å². The molecule has 0 bridgehead atoms. The molecule has 0 aromatic carbocycles. The van der Waals surface area contributed by atoms with Crippen molar-refractivity contribution in [3.05, 3.63) is 0 Å². The largest absolute Gasteiger partial charge is 0.356 e. The predicted molar refractivity (Wildman–Crippen MR) is 116 cm³/mol. The number of aliphatic imine (C=N–C) groups is 1. The van der Waals surface area contributed by atoms with Crippen LogP contribution in [-0.2, 0) is 4.79 Å². The van der Waals surface area contributed by atoms with Crippen LogP contribution in [0.5, 0.6) is 0 Å². The Bertz CT molecular complexity index is 500. The molecule has 1 heterocycles. The second-order valence-corrected chi connectivity index (χ2v) is 8.69. The molecule has 0 aromatic heterocycles. The van der Waals surface area contributed by atoms with Crippen molar-refractivity contribution in [1.29, 1.82) is 0 Å². The van der Waals surface area contributed by atoms with Crippen molar-refractivity contribution in [2.75, 3.05) is 26.7 Å². The molecule has 148 valence electrons. The highest BCUT2D eigenvalue weighted by Gasteiger charge is 2.41. The van der Waals surface area contributed by atoms with Crippen LogP contribution in [0.1, 0.15) is 57.8 Å². The number of halogens is 1. The second kappa shape index (κ2) is 9.11. The molecule has 1 atom stereocenters. The van der Waals surface area contributed by atoms with Crippen LogP contribution in [0, 0.1) is 23.7 Å². The monoisotopic (exact) mass is 474 g/mol. The Kier molecular flexibility index (Phi) is 7.08. The molecule has 0 radical (unpaired) electrons. The molecule has 4 aliphatic rings. The molecule has 5 nitrogen and oxygen atoms in total. The molecule has 3 saturated carbocycles. The van der Waals surface area contributed by atoms with Gasteiger partial charge in [-0.15, -0.1) is 24.0 Å². The Morgan fingerprint density at radius 2 is 1.73 bits per heavy atom. The van der Waals surface area contributed by atoms with E-state index in [4.69, 9.17) is 0 Å². The Morgan fingerprint density at radius 1 is 1.08 bits per heavy atom. The number of carbonyl (C=O) groups is 1. The van der Waals surface area contributed by atoms with Crippen molar-refractivity contribution in [2.24, 2.45) is 28.7 Å². The summed E-state index contributed by atoms with van der Waals surface area (Å²) in [4.78, 5) is 19.1. The van der Waals surface area contributed by atoms with Gasteiger partial charge in [-0.1, -0.05) is 12.8 Å². The smallest absolute Gasteiger partial charge is 0.225 e. The lowest BCUT2D eigenvalue weighted by atomic mass is 9.98. The van der Waals surface area contributed by atoms with Crippen LogP contribution < -0.4 is 10.6 Å². The molecule has 1 aliphatic heterocycles. The molecular formula is C20H35IN4O. The van der Waals surface area contributed by atoms with E-state index in [2.05, 4.69) is 20.5 Å². The van der Waals surface area contributed by atoms with E-state index in [1.165, 1.54) is 38.5 Å². The normalized spacial score (nSPS) is 26.9. The van der Waals surface area contributed by atoms with Crippen molar-refractivity contribution in [1.82, 2.24) is 15.5 Å². The van der Waals surface area contributed by atoms with Gasteiger partial charge in [-0.3, -0.25) is 9.79 Å². The highest BCUT2D eigenvalue weighted by Crippen LogP contribution is 2.48. The van der Waals surface area contributed by atoms with E-state index in [1.807, 2.05) is 7.05 Å². The van der Waals surface area contributed by atoms with Crippen LogP contribution in [0.2, 0.25) is 0 Å². The minimum Gasteiger partial charge on any atom is -0.356 e. The topological polar surface area (TPSA) is 56.7 Å². The standard InChI is InChI=1S/C20H34N4O.HI/c1-21-20(22-12-18(14-6-7-14)15-8-9-15)23-17-10-11-24(13-17)19(25)16-4-2-3-5-16;/h14-18H,2-13H2,1H3,(H2,21,22,23);1H. The van der Waals surface area contributed by atoms with Gasteiger partial charge in [0.2, 0.25) is 5.91 Å². The van der Waals surface area contributed by atoms with Crippen LogP contribution >= 0.6 is 24.0 Å². The van der Waals surface area contributed by atoms with Gasteiger partial charge in [0.05, 0.1) is 0 Å². The zero-order chi connectivity index (χ0) is 17.2. The molecular weight excluding hydrogens is 439 g/mol. The van der Waals surface area contributed by atoms with Gasteiger partial charge in [0.1, 0.15) is 0 Å². The fourth-order valence-corrected chi connectivity index (χ4v) is 4.88. The van der Waals surface area contributed by atoms with Crippen LogP contribution in [-0.4, -0.2) is 49.5 Å². The van der Waals surface area contributed by atoms with Crippen molar-refractivity contribution < 1.29 is 4.79 Å². The number of carbonyl (C=O) groups excluding carboxylic acids is 1. The highest BCUT2D eigenvalue weighted by molar-refractivity contribution is 14.0. The fraction of sp³-hybridized carbons (Fsp3) is 0.900. The summed E-state index contributed by atoms with van der Waals surface area (Å²) in [5.74, 6) is 4.39. The third-order valence-electron chi connectivity index (χ3n) is 6.73. The maximum Gasteiger partial charge on any atom is 0.225 e. The van der Waals surface area contributed by atoms with Gasteiger partial charge in [0.25, 0.3) is 0 Å². The molecule has 6 heteroatoms. The van der Waals surface area contributed by atoms with Gasteiger partial charge in [0, 0.05) is 38.6 Å². The molecule has 2 N–H and O–H groups in total. The van der Waals surface area contributed by atoms with Crippen molar-refractivity contribution in [3.63, 3.8) is 0 Å². The summed E-state index contributed by atoms with van der Waals surface area (Å²) < 4.78 is 0.